The van der Waals surface area contributed by atoms with Crippen molar-refractivity contribution in [3.05, 3.63) is 0 Å². The van der Waals surface area contributed by atoms with E-state index in [4.69, 9.17) is 10.5 Å². The summed E-state index contributed by atoms with van der Waals surface area (Å²) in [6.45, 7) is 12.0. The second-order valence-corrected chi connectivity index (χ2v) is 8.56. The molecule has 1 fully saturated rings. The van der Waals surface area contributed by atoms with Crippen LogP contribution in [0.25, 0.3) is 0 Å². The third kappa shape index (κ3) is 11.0. The van der Waals surface area contributed by atoms with Crippen molar-refractivity contribution in [3.63, 3.8) is 0 Å². The van der Waals surface area contributed by atoms with Gasteiger partial charge in [-0.2, -0.15) is 15.0 Å². The highest BCUT2D eigenvalue weighted by molar-refractivity contribution is 5.67. The maximum Gasteiger partial charge on any atom is 0.407 e. The molecule has 0 saturated carbocycles. The molecule has 11 heteroatoms. The zero-order chi connectivity index (χ0) is 22.5. The van der Waals surface area contributed by atoms with Gasteiger partial charge >= 0.3 is 6.09 Å². The maximum atomic E-state index is 11.7. The highest BCUT2D eigenvalue weighted by atomic mass is 16.6. The van der Waals surface area contributed by atoms with Gasteiger partial charge in [0.15, 0.2) is 0 Å². The van der Waals surface area contributed by atoms with Gasteiger partial charge in [0.05, 0.1) is 0 Å². The first-order valence-electron chi connectivity index (χ1n) is 11.2. The molecule has 0 radical (unpaired) electrons. The van der Waals surface area contributed by atoms with E-state index in [1.807, 2.05) is 20.8 Å². The van der Waals surface area contributed by atoms with E-state index in [1.54, 1.807) is 0 Å². The molecule has 0 unspecified atom stereocenters. The van der Waals surface area contributed by atoms with Gasteiger partial charge in [0.1, 0.15) is 5.60 Å². The molecule has 1 aliphatic rings. The third-order valence-electron chi connectivity index (χ3n) is 4.51. The molecule has 2 rings (SSSR count). The van der Waals surface area contributed by atoms with Crippen molar-refractivity contribution in [1.82, 2.24) is 25.2 Å². The Hall–Kier alpha value is -2.40. The Kier molecular flexibility index (Phi) is 10.5. The first kappa shape index (κ1) is 24.9. The van der Waals surface area contributed by atoms with Crippen molar-refractivity contribution in [2.45, 2.75) is 52.1 Å². The van der Waals surface area contributed by atoms with Crippen LogP contribution in [0.2, 0.25) is 0 Å². The molecule has 0 bridgehead atoms. The topological polar surface area (TPSA) is 142 Å². The molecule has 11 nitrogen and oxygen atoms in total. The van der Waals surface area contributed by atoms with Crippen LogP contribution in [0.5, 0.6) is 0 Å². The Bertz CT molecular complexity index is 661. The first-order valence-corrected chi connectivity index (χ1v) is 11.2. The van der Waals surface area contributed by atoms with Gasteiger partial charge in [0, 0.05) is 32.7 Å². The molecular weight excluding hydrogens is 398 g/mol. The molecule has 6 N–H and O–H groups in total. The summed E-state index contributed by atoms with van der Waals surface area (Å²) < 4.78 is 5.22. The molecule has 1 aliphatic heterocycles. The van der Waals surface area contributed by atoms with Crippen LogP contribution in [-0.2, 0) is 4.74 Å². The minimum Gasteiger partial charge on any atom is -0.444 e. The minimum atomic E-state index is -0.501. The number of nitrogens with zero attached hydrogens (tertiary/aromatic N) is 4. The van der Waals surface area contributed by atoms with Crippen LogP contribution in [0, 0.1) is 0 Å². The van der Waals surface area contributed by atoms with Crippen LogP contribution in [0.15, 0.2) is 0 Å². The summed E-state index contributed by atoms with van der Waals surface area (Å²) >= 11 is 0. The lowest BCUT2D eigenvalue weighted by Gasteiger charge is -2.19. The fourth-order valence-electron chi connectivity index (χ4n) is 3.04. The predicted molar refractivity (Wildman–Crippen MR) is 123 cm³/mol. The summed E-state index contributed by atoms with van der Waals surface area (Å²) in [5.41, 5.74) is 5.06. The molecule has 0 aromatic carbocycles. The number of amides is 1. The fraction of sp³-hybridized carbons (Fsp3) is 0.800. The number of hydrogen-bond donors (Lipinski definition) is 5. The normalized spacial score (nSPS) is 14.3. The lowest BCUT2D eigenvalue weighted by molar-refractivity contribution is 0.0528. The van der Waals surface area contributed by atoms with E-state index in [2.05, 4.69) is 41.1 Å². The van der Waals surface area contributed by atoms with Gasteiger partial charge in [0.2, 0.25) is 17.8 Å². The molecule has 0 aliphatic carbocycles. The van der Waals surface area contributed by atoms with Gasteiger partial charge in [-0.05, 0) is 66.1 Å². The molecule has 0 spiro atoms. The zero-order valence-corrected chi connectivity index (χ0v) is 19.2. The molecule has 1 amide bonds. The summed E-state index contributed by atoms with van der Waals surface area (Å²) in [5.74, 6) is 1.55. The van der Waals surface area contributed by atoms with E-state index >= 15 is 0 Å². The maximum absolute atomic E-state index is 11.7. The van der Waals surface area contributed by atoms with Gasteiger partial charge in [0.25, 0.3) is 0 Å². The van der Waals surface area contributed by atoms with E-state index in [1.165, 1.54) is 12.8 Å². The Morgan fingerprint density at radius 3 is 2.03 bits per heavy atom. The molecule has 1 saturated heterocycles. The number of nitrogens with two attached hydrogens (primary N) is 1. The Labute approximate surface area is 185 Å². The lowest BCUT2D eigenvalue weighted by atomic mass is 10.2. The number of ether oxygens (including phenoxy) is 1. The van der Waals surface area contributed by atoms with E-state index in [-0.39, 0.29) is 0 Å². The largest absolute Gasteiger partial charge is 0.444 e. The van der Waals surface area contributed by atoms with Gasteiger partial charge in [-0.25, -0.2) is 4.79 Å². The summed E-state index contributed by atoms with van der Waals surface area (Å²) in [6, 6.07) is 0. The number of carbonyl (C=O) groups is 1. The van der Waals surface area contributed by atoms with Gasteiger partial charge in [-0.1, -0.05) is 0 Å². The SMILES string of the molecule is CC(C)(C)OC(=O)NCCCNc1nc(NCCCN)nc(NCCN2CCCC2)n1. The second kappa shape index (κ2) is 13.1. The highest BCUT2D eigenvalue weighted by Crippen LogP contribution is 2.11. The van der Waals surface area contributed by atoms with Crippen LogP contribution in [-0.4, -0.2) is 83.9 Å². The predicted octanol–water partition coefficient (Wildman–Crippen LogP) is 1.47. The number of aromatic nitrogens is 3. The molecule has 1 aromatic heterocycles. The fourth-order valence-corrected chi connectivity index (χ4v) is 3.04. The van der Waals surface area contributed by atoms with Crippen LogP contribution in [0.3, 0.4) is 0 Å². The van der Waals surface area contributed by atoms with Crippen LogP contribution in [0.4, 0.5) is 22.6 Å². The van der Waals surface area contributed by atoms with E-state index in [9.17, 15) is 4.79 Å². The number of likely N-dealkylation sites (tertiary alicyclic amines) is 1. The molecule has 31 heavy (non-hydrogen) atoms. The minimum absolute atomic E-state index is 0.413. The number of rotatable bonds is 13. The Balaban J connectivity index is 1.80. The summed E-state index contributed by atoms with van der Waals surface area (Å²) in [7, 11) is 0. The lowest BCUT2D eigenvalue weighted by Crippen LogP contribution is -2.33. The third-order valence-corrected chi connectivity index (χ3v) is 4.51. The molecular formula is C20H39N9O2. The average molecular weight is 438 g/mol. The van der Waals surface area contributed by atoms with Gasteiger partial charge < -0.3 is 36.6 Å². The molecule has 1 aromatic rings. The quantitative estimate of drug-likeness (QED) is 0.288. The Morgan fingerprint density at radius 1 is 0.935 bits per heavy atom. The average Bonchev–Trinajstić information content (AvgIpc) is 3.20. The standard InChI is InChI=1S/C20H39N9O2/c1-20(2,3)31-19(30)25-11-7-10-23-17-26-16(22-9-6-8-21)27-18(28-17)24-12-15-29-13-4-5-14-29/h4-15,21H2,1-3H3,(H,25,30)(H3,22,23,24,26,27,28). The first-order chi connectivity index (χ1) is 14.9. The summed E-state index contributed by atoms with van der Waals surface area (Å²) in [4.78, 5) is 27.5. The number of alkyl carbamates (subject to hydrolysis) is 1. The van der Waals surface area contributed by atoms with E-state index < -0.39 is 11.7 Å². The molecule has 2 heterocycles. The summed E-state index contributed by atoms with van der Waals surface area (Å²) in [5, 5.41) is 12.4. The van der Waals surface area contributed by atoms with Crippen molar-refractivity contribution < 1.29 is 9.53 Å². The van der Waals surface area contributed by atoms with Crippen molar-refractivity contribution >= 4 is 23.9 Å². The van der Waals surface area contributed by atoms with Crippen molar-refractivity contribution in [2.24, 2.45) is 5.73 Å². The second-order valence-electron chi connectivity index (χ2n) is 8.56. The molecule has 176 valence electrons. The molecule has 0 atom stereocenters. The number of carbonyl (C=O) groups excluding carboxylic acids is 1. The number of hydrogen-bond acceptors (Lipinski definition) is 10. The van der Waals surface area contributed by atoms with Gasteiger partial charge in [-0.3, -0.25) is 0 Å². The van der Waals surface area contributed by atoms with Gasteiger partial charge in [-0.15, -0.1) is 0 Å². The zero-order valence-electron chi connectivity index (χ0n) is 19.2. The van der Waals surface area contributed by atoms with Crippen molar-refractivity contribution in [3.8, 4) is 0 Å². The Morgan fingerprint density at radius 2 is 1.48 bits per heavy atom. The van der Waals surface area contributed by atoms with E-state index in [0.29, 0.717) is 50.4 Å². The van der Waals surface area contributed by atoms with Crippen LogP contribution >= 0.6 is 0 Å². The monoisotopic (exact) mass is 437 g/mol. The number of anilines is 3. The highest BCUT2D eigenvalue weighted by Gasteiger charge is 2.15. The van der Waals surface area contributed by atoms with Crippen LogP contribution in [0.1, 0.15) is 46.5 Å². The van der Waals surface area contributed by atoms with E-state index in [0.717, 1.165) is 32.6 Å². The smallest absolute Gasteiger partial charge is 0.407 e. The van der Waals surface area contributed by atoms with Crippen molar-refractivity contribution in [2.75, 3.05) is 68.3 Å². The summed E-state index contributed by atoms with van der Waals surface area (Å²) in [6.07, 6.45) is 3.68. The van der Waals surface area contributed by atoms with Crippen LogP contribution < -0.4 is 27.0 Å². The van der Waals surface area contributed by atoms with Crippen molar-refractivity contribution in [1.29, 1.82) is 0 Å². The number of nitrogens with one attached hydrogen (secondary N) is 4.